The van der Waals surface area contributed by atoms with Crippen LogP contribution in [-0.4, -0.2) is 35.2 Å². The predicted octanol–water partition coefficient (Wildman–Crippen LogP) is 4.51. The Morgan fingerprint density at radius 2 is 1.76 bits per heavy atom. The van der Waals surface area contributed by atoms with Crippen molar-refractivity contribution in [3.8, 4) is 11.3 Å². The van der Waals surface area contributed by atoms with Gasteiger partial charge in [-0.2, -0.15) is 0 Å². The molecule has 1 N–H and O–H groups in total. The highest BCUT2D eigenvalue weighted by molar-refractivity contribution is 5.80. The average Bonchev–Trinajstić information content (AvgIpc) is 3.03. The van der Waals surface area contributed by atoms with Crippen LogP contribution in [0.15, 0.2) is 36.4 Å². The first kappa shape index (κ1) is 19.9. The quantitative estimate of drug-likeness (QED) is 0.778. The smallest absolute Gasteiger partial charge is 0.225 e. The Bertz CT molecular complexity index is 812. The summed E-state index contributed by atoms with van der Waals surface area (Å²) < 4.78 is 0. The van der Waals surface area contributed by atoms with E-state index in [0.29, 0.717) is 6.04 Å². The predicted molar refractivity (Wildman–Crippen MR) is 117 cm³/mol. The van der Waals surface area contributed by atoms with Crippen molar-refractivity contribution < 1.29 is 4.79 Å². The molecule has 2 heterocycles. The summed E-state index contributed by atoms with van der Waals surface area (Å²) in [6.07, 6.45) is 9.34. The monoisotopic (exact) mass is 392 g/mol. The number of aryl methyl sites for hydroxylation is 1. The van der Waals surface area contributed by atoms with Crippen LogP contribution < -0.4 is 10.2 Å². The molecule has 1 unspecified atom stereocenters. The van der Waals surface area contributed by atoms with Crippen LogP contribution in [0.3, 0.4) is 0 Å². The van der Waals surface area contributed by atoms with Crippen molar-refractivity contribution in [1.82, 2.24) is 15.5 Å². The third-order valence-electron chi connectivity index (χ3n) is 6.39. The molecule has 1 amide bonds. The Morgan fingerprint density at radius 3 is 2.48 bits per heavy atom. The van der Waals surface area contributed by atoms with Crippen LogP contribution in [0.4, 0.5) is 5.82 Å². The molecule has 4 rings (SSSR count). The standard InChI is InChI=1S/C24H32N4O/c1-18-9-6-7-13-21(18)22-14-15-23(27-26-22)28-16-8-10-19(17-28)24(29)25-20-11-4-2-3-5-12-20/h6-7,9,13-15,19-20H,2-5,8,10-12,16-17H2,1H3,(H,25,29). The molecule has 1 aromatic heterocycles. The first-order chi connectivity index (χ1) is 14.2. The van der Waals surface area contributed by atoms with Gasteiger partial charge in [-0.1, -0.05) is 49.9 Å². The van der Waals surface area contributed by atoms with E-state index in [9.17, 15) is 4.79 Å². The van der Waals surface area contributed by atoms with Gasteiger partial charge in [0.05, 0.1) is 11.6 Å². The van der Waals surface area contributed by atoms with Gasteiger partial charge in [0.1, 0.15) is 0 Å². The molecule has 5 heteroatoms. The van der Waals surface area contributed by atoms with Crippen molar-refractivity contribution in [2.24, 2.45) is 5.92 Å². The number of carbonyl (C=O) groups excluding carboxylic acids is 1. The summed E-state index contributed by atoms with van der Waals surface area (Å²) in [6.45, 7) is 3.76. The molecule has 0 spiro atoms. The van der Waals surface area contributed by atoms with E-state index in [2.05, 4.69) is 39.5 Å². The van der Waals surface area contributed by atoms with Crippen LogP contribution in [0.25, 0.3) is 11.3 Å². The number of piperidine rings is 1. The van der Waals surface area contributed by atoms with Crippen LogP contribution in [0.2, 0.25) is 0 Å². The van der Waals surface area contributed by atoms with Gasteiger partial charge in [-0.3, -0.25) is 4.79 Å². The van der Waals surface area contributed by atoms with Gasteiger partial charge in [-0.05, 0) is 50.3 Å². The number of rotatable bonds is 4. The lowest BCUT2D eigenvalue weighted by Crippen LogP contribution is -2.46. The Balaban J connectivity index is 1.39. The topological polar surface area (TPSA) is 58.1 Å². The van der Waals surface area contributed by atoms with Gasteiger partial charge < -0.3 is 10.2 Å². The maximum atomic E-state index is 12.9. The lowest BCUT2D eigenvalue weighted by molar-refractivity contribution is -0.126. The molecule has 1 aromatic carbocycles. The van der Waals surface area contributed by atoms with E-state index in [1.807, 2.05) is 24.3 Å². The first-order valence-electron chi connectivity index (χ1n) is 11.2. The summed E-state index contributed by atoms with van der Waals surface area (Å²) in [7, 11) is 0. The Labute approximate surface area is 173 Å². The van der Waals surface area contributed by atoms with E-state index in [0.717, 1.165) is 55.8 Å². The van der Waals surface area contributed by atoms with Crippen molar-refractivity contribution >= 4 is 11.7 Å². The Morgan fingerprint density at radius 1 is 0.966 bits per heavy atom. The minimum atomic E-state index is 0.0462. The highest BCUT2D eigenvalue weighted by atomic mass is 16.2. The van der Waals surface area contributed by atoms with Gasteiger partial charge in [0, 0.05) is 24.7 Å². The Hall–Kier alpha value is -2.43. The number of anilines is 1. The number of benzene rings is 1. The minimum absolute atomic E-state index is 0.0462. The fraction of sp³-hybridized carbons (Fsp3) is 0.542. The molecule has 0 radical (unpaired) electrons. The van der Waals surface area contributed by atoms with Crippen molar-refractivity contribution in [2.45, 2.75) is 64.3 Å². The molecule has 29 heavy (non-hydrogen) atoms. The van der Waals surface area contributed by atoms with Crippen molar-refractivity contribution in [1.29, 1.82) is 0 Å². The van der Waals surface area contributed by atoms with E-state index in [1.54, 1.807) is 0 Å². The minimum Gasteiger partial charge on any atom is -0.354 e. The molecule has 0 bridgehead atoms. The molecule has 5 nitrogen and oxygen atoms in total. The third-order valence-corrected chi connectivity index (χ3v) is 6.39. The molecule has 1 aliphatic heterocycles. The van der Waals surface area contributed by atoms with Crippen LogP contribution >= 0.6 is 0 Å². The van der Waals surface area contributed by atoms with E-state index in [-0.39, 0.29) is 11.8 Å². The molecule has 2 aromatic rings. The fourth-order valence-corrected chi connectivity index (χ4v) is 4.64. The fourth-order valence-electron chi connectivity index (χ4n) is 4.64. The van der Waals surface area contributed by atoms with Gasteiger partial charge >= 0.3 is 0 Å². The lowest BCUT2D eigenvalue weighted by atomic mass is 9.96. The molecular weight excluding hydrogens is 360 g/mol. The van der Waals surface area contributed by atoms with E-state index >= 15 is 0 Å². The average molecular weight is 393 g/mol. The van der Waals surface area contributed by atoms with Gasteiger partial charge in [0.2, 0.25) is 5.91 Å². The second kappa shape index (κ2) is 9.38. The van der Waals surface area contributed by atoms with Gasteiger partial charge in [-0.15, -0.1) is 10.2 Å². The molecule has 2 fully saturated rings. The number of nitrogens with one attached hydrogen (secondary N) is 1. The first-order valence-corrected chi connectivity index (χ1v) is 11.2. The van der Waals surface area contributed by atoms with E-state index in [4.69, 9.17) is 0 Å². The van der Waals surface area contributed by atoms with E-state index < -0.39 is 0 Å². The normalized spacial score (nSPS) is 20.9. The second-order valence-electron chi connectivity index (χ2n) is 8.57. The van der Waals surface area contributed by atoms with Gasteiger partial charge in [0.15, 0.2) is 5.82 Å². The molecule has 1 saturated carbocycles. The number of hydrogen-bond acceptors (Lipinski definition) is 4. The SMILES string of the molecule is Cc1ccccc1-c1ccc(N2CCCC(C(=O)NC3CCCCCC3)C2)nn1. The van der Waals surface area contributed by atoms with Crippen molar-refractivity contribution in [3.63, 3.8) is 0 Å². The zero-order chi connectivity index (χ0) is 20.1. The molecular formula is C24H32N4O. The zero-order valence-corrected chi connectivity index (χ0v) is 17.4. The summed E-state index contributed by atoms with van der Waals surface area (Å²) in [5, 5.41) is 12.3. The summed E-state index contributed by atoms with van der Waals surface area (Å²) in [5.41, 5.74) is 3.21. The number of amides is 1. The van der Waals surface area contributed by atoms with Crippen molar-refractivity contribution in [3.05, 3.63) is 42.0 Å². The number of carbonyl (C=O) groups is 1. The van der Waals surface area contributed by atoms with Crippen LogP contribution in [0.5, 0.6) is 0 Å². The number of hydrogen-bond donors (Lipinski definition) is 1. The number of aromatic nitrogens is 2. The van der Waals surface area contributed by atoms with Crippen molar-refractivity contribution in [2.75, 3.05) is 18.0 Å². The van der Waals surface area contributed by atoms with Crippen LogP contribution in [-0.2, 0) is 4.79 Å². The maximum Gasteiger partial charge on any atom is 0.225 e. The highest BCUT2D eigenvalue weighted by Gasteiger charge is 2.28. The number of nitrogens with zero attached hydrogens (tertiary/aromatic N) is 3. The second-order valence-corrected chi connectivity index (χ2v) is 8.57. The molecule has 2 aliphatic rings. The maximum absolute atomic E-state index is 12.9. The highest BCUT2D eigenvalue weighted by Crippen LogP contribution is 2.25. The summed E-state index contributed by atoms with van der Waals surface area (Å²) in [4.78, 5) is 15.1. The van der Waals surface area contributed by atoms with Crippen LogP contribution in [0, 0.1) is 12.8 Å². The third kappa shape index (κ3) is 4.95. The molecule has 1 saturated heterocycles. The van der Waals surface area contributed by atoms with Gasteiger partial charge in [0.25, 0.3) is 0 Å². The lowest BCUT2D eigenvalue weighted by Gasteiger charge is -2.33. The summed E-state index contributed by atoms with van der Waals surface area (Å²) in [6, 6.07) is 12.7. The molecule has 1 atom stereocenters. The zero-order valence-electron chi connectivity index (χ0n) is 17.4. The van der Waals surface area contributed by atoms with Gasteiger partial charge in [-0.25, -0.2) is 0 Å². The Kier molecular flexibility index (Phi) is 6.43. The summed E-state index contributed by atoms with van der Waals surface area (Å²) >= 11 is 0. The largest absolute Gasteiger partial charge is 0.354 e. The molecule has 154 valence electrons. The summed E-state index contributed by atoms with van der Waals surface area (Å²) in [5.74, 6) is 1.14. The van der Waals surface area contributed by atoms with Crippen LogP contribution in [0.1, 0.15) is 56.9 Å². The van der Waals surface area contributed by atoms with E-state index in [1.165, 1.54) is 31.2 Å². The molecule has 1 aliphatic carbocycles.